The van der Waals surface area contributed by atoms with Crippen LogP contribution in [0.5, 0.6) is 0 Å². The first-order chi connectivity index (χ1) is 6.36. The second kappa shape index (κ2) is 3.96. The van der Waals surface area contributed by atoms with E-state index in [0.29, 0.717) is 26.1 Å². The predicted molar refractivity (Wildman–Crippen MR) is 49.4 cm³/mol. The highest BCUT2D eigenvalue weighted by molar-refractivity contribution is 7.86. The van der Waals surface area contributed by atoms with Crippen LogP contribution in [0.15, 0.2) is 0 Å². The van der Waals surface area contributed by atoms with Gasteiger partial charge in [0.1, 0.15) is 5.60 Å². The molecule has 0 aromatic rings. The Kier molecular flexibility index (Phi) is 3.28. The maximum absolute atomic E-state index is 11.4. The van der Waals surface area contributed by atoms with Crippen LogP contribution in [-0.2, 0) is 23.8 Å². The molecule has 0 aliphatic carbocycles. The fourth-order valence-corrected chi connectivity index (χ4v) is 2.35. The Bertz CT molecular complexity index is 313. The Morgan fingerprint density at radius 1 is 1.36 bits per heavy atom. The number of carbonyl (C=O) groups excluding carboxylic acids is 1. The van der Waals surface area contributed by atoms with Crippen molar-refractivity contribution in [1.82, 2.24) is 0 Å². The van der Waals surface area contributed by atoms with Crippen molar-refractivity contribution in [3.8, 4) is 0 Å². The molecule has 0 unspecified atom stereocenters. The topological polar surface area (TPSA) is 69.7 Å². The highest BCUT2D eigenvalue weighted by Crippen LogP contribution is 2.27. The average Bonchev–Trinajstić information content (AvgIpc) is 2.02. The van der Waals surface area contributed by atoms with Gasteiger partial charge in [0.05, 0.1) is 6.26 Å². The lowest BCUT2D eigenvalue weighted by Crippen LogP contribution is -2.46. The SMILES string of the molecule is CC(=O)C1(OS(C)(=O)=O)CCOCC1. The molecule has 0 aromatic carbocycles. The third-order valence-corrected chi connectivity index (χ3v) is 2.87. The van der Waals surface area contributed by atoms with Crippen molar-refractivity contribution in [2.24, 2.45) is 0 Å². The van der Waals surface area contributed by atoms with E-state index in [0.717, 1.165) is 6.26 Å². The molecule has 14 heavy (non-hydrogen) atoms. The molecule has 1 aliphatic heterocycles. The van der Waals surface area contributed by atoms with E-state index in [1.165, 1.54) is 6.92 Å². The van der Waals surface area contributed by atoms with Gasteiger partial charge in [-0.2, -0.15) is 8.42 Å². The van der Waals surface area contributed by atoms with Crippen molar-refractivity contribution in [3.05, 3.63) is 0 Å². The summed E-state index contributed by atoms with van der Waals surface area (Å²) in [6, 6.07) is 0. The highest BCUT2D eigenvalue weighted by Gasteiger charge is 2.41. The normalized spacial score (nSPS) is 21.9. The zero-order valence-corrected chi connectivity index (χ0v) is 9.09. The van der Waals surface area contributed by atoms with E-state index in [-0.39, 0.29) is 5.78 Å². The van der Waals surface area contributed by atoms with Gasteiger partial charge in [-0.15, -0.1) is 0 Å². The quantitative estimate of drug-likeness (QED) is 0.633. The smallest absolute Gasteiger partial charge is 0.265 e. The number of rotatable bonds is 3. The molecule has 1 rings (SSSR count). The molecule has 6 heteroatoms. The van der Waals surface area contributed by atoms with E-state index < -0.39 is 15.7 Å². The van der Waals surface area contributed by atoms with Crippen molar-refractivity contribution < 1.29 is 22.1 Å². The molecule has 0 N–H and O–H groups in total. The van der Waals surface area contributed by atoms with Crippen LogP contribution >= 0.6 is 0 Å². The average molecular weight is 222 g/mol. The standard InChI is InChI=1S/C8H14O5S/c1-7(9)8(13-14(2,10)11)3-5-12-6-4-8/h3-6H2,1-2H3. The van der Waals surface area contributed by atoms with Crippen molar-refractivity contribution in [2.75, 3.05) is 19.5 Å². The molecule has 0 atom stereocenters. The monoisotopic (exact) mass is 222 g/mol. The van der Waals surface area contributed by atoms with Gasteiger partial charge in [-0.3, -0.25) is 8.98 Å². The van der Waals surface area contributed by atoms with Gasteiger partial charge in [0.2, 0.25) is 0 Å². The molecule has 0 saturated carbocycles. The summed E-state index contributed by atoms with van der Waals surface area (Å²) in [5.41, 5.74) is -1.19. The summed E-state index contributed by atoms with van der Waals surface area (Å²) in [7, 11) is -3.60. The fourth-order valence-electron chi connectivity index (χ4n) is 1.48. The zero-order valence-electron chi connectivity index (χ0n) is 8.28. The van der Waals surface area contributed by atoms with Gasteiger partial charge in [-0.1, -0.05) is 0 Å². The van der Waals surface area contributed by atoms with Crippen LogP contribution in [0.2, 0.25) is 0 Å². The molecule has 1 saturated heterocycles. The highest BCUT2D eigenvalue weighted by atomic mass is 32.2. The second-order valence-corrected chi connectivity index (χ2v) is 5.03. The summed E-state index contributed by atoms with van der Waals surface area (Å²) in [4.78, 5) is 11.4. The lowest BCUT2D eigenvalue weighted by molar-refractivity contribution is -0.139. The number of hydrogen-bond acceptors (Lipinski definition) is 5. The summed E-state index contributed by atoms with van der Waals surface area (Å²) in [5, 5.41) is 0. The first-order valence-electron chi connectivity index (χ1n) is 4.35. The fraction of sp³-hybridized carbons (Fsp3) is 0.875. The van der Waals surface area contributed by atoms with Crippen molar-refractivity contribution in [1.29, 1.82) is 0 Å². The Morgan fingerprint density at radius 2 is 1.86 bits per heavy atom. The van der Waals surface area contributed by atoms with Gasteiger partial charge in [-0.05, 0) is 6.92 Å². The van der Waals surface area contributed by atoms with Gasteiger partial charge in [0, 0.05) is 26.1 Å². The van der Waals surface area contributed by atoms with Crippen molar-refractivity contribution in [3.63, 3.8) is 0 Å². The van der Waals surface area contributed by atoms with Crippen LogP contribution < -0.4 is 0 Å². The van der Waals surface area contributed by atoms with E-state index in [2.05, 4.69) is 0 Å². The Hall–Kier alpha value is -0.460. The summed E-state index contributed by atoms with van der Waals surface area (Å²) in [6.07, 6.45) is 1.55. The molecule has 0 bridgehead atoms. The van der Waals surface area contributed by atoms with Crippen LogP contribution in [0.3, 0.4) is 0 Å². The van der Waals surface area contributed by atoms with Crippen LogP contribution in [0.4, 0.5) is 0 Å². The lowest BCUT2D eigenvalue weighted by Gasteiger charge is -2.33. The number of hydrogen-bond donors (Lipinski definition) is 0. The third-order valence-electron chi connectivity index (χ3n) is 2.25. The molecular formula is C8H14O5S. The van der Waals surface area contributed by atoms with Crippen LogP contribution in [0, 0.1) is 0 Å². The van der Waals surface area contributed by atoms with E-state index >= 15 is 0 Å². The molecule has 1 fully saturated rings. The van der Waals surface area contributed by atoms with Crippen molar-refractivity contribution >= 4 is 15.9 Å². The second-order valence-electron chi connectivity index (χ2n) is 3.45. The molecule has 0 aromatic heterocycles. The van der Waals surface area contributed by atoms with Gasteiger partial charge >= 0.3 is 0 Å². The lowest BCUT2D eigenvalue weighted by atomic mass is 9.91. The summed E-state index contributed by atoms with van der Waals surface area (Å²) in [5.74, 6) is -0.258. The minimum atomic E-state index is -3.60. The zero-order chi connectivity index (χ0) is 10.8. The Morgan fingerprint density at radius 3 is 2.21 bits per heavy atom. The largest absolute Gasteiger partial charge is 0.381 e. The first-order valence-corrected chi connectivity index (χ1v) is 6.17. The van der Waals surface area contributed by atoms with E-state index in [1.54, 1.807) is 0 Å². The Balaban J connectivity index is 2.87. The van der Waals surface area contributed by atoms with Crippen LogP contribution in [0.1, 0.15) is 19.8 Å². The van der Waals surface area contributed by atoms with Crippen LogP contribution in [-0.4, -0.2) is 39.3 Å². The first kappa shape index (κ1) is 11.6. The van der Waals surface area contributed by atoms with Gasteiger partial charge in [0.15, 0.2) is 5.78 Å². The molecular weight excluding hydrogens is 208 g/mol. The van der Waals surface area contributed by atoms with Gasteiger partial charge in [0.25, 0.3) is 10.1 Å². The number of Topliss-reactive ketones (excluding diaryl/α,β-unsaturated/α-hetero) is 1. The van der Waals surface area contributed by atoms with E-state index in [1.807, 2.05) is 0 Å². The molecule has 0 amide bonds. The third kappa shape index (κ3) is 2.76. The molecule has 82 valence electrons. The van der Waals surface area contributed by atoms with Gasteiger partial charge in [-0.25, -0.2) is 0 Å². The minimum Gasteiger partial charge on any atom is -0.381 e. The van der Waals surface area contributed by atoms with Crippen LogP contribution in [0.25, 0.3) is 0 Å². The molecule has 0 spiro atoms. The maximum atomic E-state index is 11.4. The maximum Gasteiger partial charge on any atom is 0.265 e. The van der Waals surface area contributed by atoms with E-state index in [9.17, 15) is 13.2 Å². The molecule has 0 radical (unpaired) electrons. The number of carbonyl (C=O) groups is 1. The molecule has 1 heterocycles. The van der Waals surface area contributed by atoms with Crippen molar-refractivity contribution in [2.45, 2.75) is 25.4 Å². The van der Waals surface area contributed by atoms with Gasteiger partial charge < -0.3 is 4.74 Å². The summed E-state index contributed by atoms with van der Waals surface area (Å²) in [6.45, 7) is 2.06. The minimum absolute atomic E-state index is 0.258. The Labute approximate surface area is 83.5 Å². The number of ketones is 1. The summed E-state index contributed by atoms with van der Waals surface area (Å²) >= 11 is 0. The number of ether oxygens (including phenoxy) is 1. The van der Waals surface area contributed by atoms with E-state index in [4.69, 9.17) is 8.92 Å². The molecule has 1 aliphatic rings. The molecule has 5 nitrogen and oxygen atoms in total. The summed E-state index contributed by atoms with van der Waals surface area (Å²) < 4.78 is 31.9. The predicted octanol–water partition coefficient (Wildman–Crippen LogP) is 0.101.